The van der Waals surface area contributed by atoms with Gasteiger partial charge in [0.2, 0.25) is 11.8 Å². The van der Waals surface area contributed by atoms with Gasteiger partial charge in [0.25, 0.3) is 0 Å². The minimum absolute atomic E-state index is 0.0552. The van der Waals surface area contributed by atoms with Gasteiger partial charge in [0.15, 0.2) is 5.78 Å². The molecule has 0 aliphatic carbocycles. The summed E-state index contributed by atoms with van der Waals surface area (Å²) in [6.45, 7) is 1.43. The number of hydrogen-bond donors (Lipinski definition) is 0. The number of imide groups is 1. The Bertz CT molecular complexity index is 1060. The van der Waals surface area contributed by atoms with Gasteiger partial charge in [-0.05, 0) is 36.3 Å². The second-order valence-corrected chi connectivity index (χ2v) is 7.41. The molecule has 0 N–H and O–H groups in total. The fraction of sp³-hybridized carbons (Fsp3) is 0.227. The summed E-state index contributed by atoms with van der Waals surface area (Å²) in [4.78, 5) is 41.9. The Morgan fingerprint density at radius 1 is 0.964 bits per heavy atom. The van der Waals surface area contributed by atoms with E-state index in [-0.39, 0.29) is 11.5 Å². The Kier molecular flexibility index (Phi) is 3.53. The van der Waals surface area contributed by atoms with Gasteiger partial charge in [0.1, 0.15) is 5.82 Å². The Labute approximate surface area is 161 Å². The number of benzene rings is 2. The molecule has 0 bridgehead atoms. The van der Waals surface area contributed by atoms with Crippen molar-refractivity contribution in [1.29, 1.82) is 0 Å². The molecule has 28 heavy (non-hydrogen) atoms. The summed E-state index contributed by atoms with van der Waals surface area (Å²) in [6, 6.07) is 12.2. The maximum atomic E-state index is 14.4. The van der Waals surface area contributed by atoms with Crippen LogP contribution in [0.1, 0.15) is 24.1 Å². The van der Waals surface area contributed by atoms with Crippen LogP contribution in [0, 0.1) is 17.7 Å². The van der Waals surface area contributed by atoms with E-state index < -0.39 is 41.6 Å². The Balaban J connectivity index is 1.67. The highest BCUT2D eigenvalue weighted by molar-refractivity contribution is 6.24. The molecule has 0 aromatic heterocycles. The normalized spacial score (nSPS) is 27.6. The minimum atomic E-state index is -0.828. The molecule has 2 amide bonds. The summed E-state index contributed by atoms with van der Waals surface area (Å²) >= 11 is 0. The van der Waals surface area contributed by atoms with Crippen LogP contribution in [-0.4, -0.2) is 28.5 Å². The zero-order chi connectivity index (χ0) is 19.6. The van der Waals surface area contributed by atoms with E-state index >= 15 is 0 Å². The quantitative estimate of drug-likeness (QED) is 0.757. The van der Waals surface area contributed by atoms with Crippen molar-refractivity contribution in [2.45, 2.75) is 19.0 Å². The molecule has 4 atom stereocenters. The van der Waals surface area contributed by atoms with Gasteiger partial charge in [-0.2, -0.15) is 0 Å². The number of amides is 2. The predicted molar refractivity (Wildman–Crippen MR) is 100 cm³/mol. The zero-order valence-electron chi connectivity index (χ0n) is 15.1. The van der Waals surface area contributed by atoms with Crippen LogP contribution in [0.5, 0.6) is 0 Å². The van der Waals surface area contributed by atoms with Gasteiger partial charge in [-0.3, -0.25) is 14.4 Å². The molecule has 2 aromatic rings. The van der Waals surface area contributed by atoms with Crippen molar-refractivity contribution in [3.8, 4) is 0 Å². The second kappa shape index (κ2) is 5.86. The molecule has 2 saturated heterocycles. The SMILES string of the molecule is CC(=O)[C@@H]1[C@H]2C(=O)N(c3ccccc3F)C(=O)[C@H]2[C@@H]2c3ccccc3C=CN12. The third kappa shape index (κ3) is 2.08. The largest absolute Gasteiger partial charge is 0.359 e. The number of fused-ring (bicyclic) bond motifs is 5. The number of nitrogens with zero attached hydrogens (tertiary/aromatic N) is 2. The number of Topliss-reactive ketones (excluding diaryl/α,β-unsaturated/α-hetero) is 1. The Hall–Kier alpha value is -3.28. The molecule has 0 radical (unpaired) electrons. The molecule has 5 rings (SSSR count). The van der Waals surface area contributed by atoms with Crippen molar-refractivity contribution >= 4 is 29.4 Å². The first-order valence-electron chi connectivity index (χ1n) is 9.18. The van der Waals surface area contributed by atoms with E-state index in [1.165, 1.54) is 25.1 Å². The molecule has 5 nitrogen and oxygen atoms in total. The molecular formula is C22H17FN2O3. The number of carbonyl (C=O) groups excluding carboxylic acids is 3. The van der Waals surface area contributed by atoms with Crippen LogP contribution in [0.2, 0.25) is 0 Å². The average molecular weight is 376 g/mol. The smallest absolute Gasteiger partial charge is 0.240 e. The summed E-state index contributed by atoms with van der Waals surface area (Å²) in [6.07, 6.45) is 3.69. The molecule has 6 heteroatoms. The monoisotopic (exact) mass is 376 g/mol. The van der Waals surface area contributed by atoms with Gasteiger partial charge in [0.05, 0.1) is 29.6 Å². The van der Waals surface area contributed by atoms with Crippen LogP contribution in [0.3, 0.4) is 0 Å². The Morgan fingerprint density at radius 2 is 1.64 bits per heavy atom. The van der Waals surface area contributed by atoms with E-state index in [0.717, 1.165) is 16.0 Å². The van der Waals surface area contributed by atoms with Crippen LogP contribution in [-0.2, 0) is 14.4 Å². The number of carbonyl (C=O) groups is 3. The third-order valence-electron chi connectivity index (χ3n) is 5.97. The molecule has 3 aliphatic rings. The van der Waals surface area contributed by atoms with Crippen LogP contribution in [0.4, 0.5) is 10.1 Å². The summed E-state index contributed by atoms with van der Waals surface area (Å²) in [5.41, 5.74) is 1.80. The molecule has 0 spiro atoms. The maximum Gasteiger partial charge on any atom is 0.240 e. The van der Waals surface area contributed by atoms with Gasteiger partial charge in [-0.1, -0.05) is 36.4 Å². The van der Waals surface area contributed by atoms with Crippen LogP contribution in [0.25, 0.3) is 6.08 Å². The first-order chi connectivity index (χ1) is 13.5. The van der Waals surface area contributed by atoms with Crippen molar-refractivity contribution in [2.75, 3.05) is 4.90 Å². The lowest BCUT2D eigenvalue weighted by molar-refractivity contribution is -0.129. The van der Waals surface area contributed by atoms with E-state index in [1.807, 2.05) is 35.2 Å². The third-order valence-corrected chi connectivity index (χ3v) is 5.97. The lowest BCUT2D eigenvalue weighted by atomic mass is 9.84. The van der Waals surface area contributed by atoms with Crippen molar-refractivity contribution in [2.24, 2.45) is 11.8 Å². The lowest BCUT2D eigenvalue weighted by Gasteiger charge is -2.34. The number of rotatable bonds is 2. The fourth-order valence-electron chi connectivity index (χ4n) is 4.89. The van der Waals surface area contributed by atoms with Crippen molar-refractivity contribution in [1.82, 2.24) is 4.90 Å². The summed E-state index contributed by atoms with van der Waals surface area (Å²) in [7, 11) is 0. The second-order valence-electron chi connectivity index (χ2n) is 7.41. The summed E-state index contributed by atoms with van der Waals surface area (Å²) in [5, 5.41) is 0. The molecular weight excluding hydrogens is 359 g/mol. The number of halogens is 1. The number of hydrogen-bond acceptors (Lipinski definition) is 4. The fourth-order valence-corrected chi connectivity index (χ4v) is 4.89. The predicted octanol–water partition coefficient (Wildman–Crippen LogP) is 2.93. The van der Waals surface area contributed by atoms with E-state index in [2.05, 4.69) is 0 Å². The standard InChI is InChI=1S/C22H17FN2O3/c1-12(26)19-17-18(20-14-7-3-2-6-13(14)10-11-24(19)20)22(28)25(21(17)27)16-9-5-4-8-15(16)23/h2-11,17-20H,1H3/t17-,18+,19+,20-/m0/s1. The van der Waals surface area contributed by atoms with Crippen LogP contribution in [0.15, 0.2) is 54.7 Å². The van der Waals surface area contributed by atoms with E-state index in [9.17, 15) is 18.8 Å². The molecule has 2 fully saturated rings. The number of para-hydroxylation sites is 1. The first-order valence-corrected chi connectivity index (χ1v) is 9.18. The highest BCUT2D eigenvalue weighted by Gasteiger charge is 2.64. The van der Waals surface area contributed by atoms with Gasteiger partial charge >= 0.3 is 0 Å². The van der Waals surface area contributed by atoms with Crippen LogP contribution >= 0.6 is 0 Å². The van der Waals surface area contributed by atoms with Gasteiger partial charge in [-0.25, -0.2) is 9.29 Å². The van der Waals surface area contributed by atoms with E-state index in [4.69, 9.17) is 0 Å². The average Bonchev–Trinajstić information content (AvgIpc) is 3.16. The first kappa shape index (κ1) is 16.9. The molecule has 0 unspecified atom stereocenters. The summed E-state index contributed by atoms with van der Waals surface area (Å²) in [5.74, 6) is -3.34. The lowest BCUT2D eigenvalue weighted by Crippen LogP contribution is -2.43. The van der Waals surface area contributed by atoms with E-state index in [1.54, 1.807) is 12.3 Å². The topological polar surface area (TPSA) is 57.7 Å². The molecule has 0 saturated carbocycles. The molecule has 3 aliphatic heterocycles. The highest BCUT2D eigenvalue weighted by Crippen LogP contribution is 2.53. The molecule has 2 aromatic carbocycles. The zero-order valence-corrected chi connectivity index (χ0v) is 15.1. The van der Waals surface area contributed by atoms with Crippen molar-refractivity contribution in [3.05, 3.63) is 71.7 Å². The number of ketones is 1. The molecule has 140 valence electrons. The molecule has 3 heterocycles. The van der Waals surface area contributed by atoms with Gasteiger partial charge in [0, 0.05) is 6.20 Å². The maximum absolute atomic E-state index is 14.4. The highest BCUT2D eigenvalue weighted by atomic mass is 19.1. The van der Waals surface area contributed by atoms with Gasteiger partial charge in [-0.15, -0.1) is 0 Å². The van der Waals surface area contributed by atoms with Gasteiger partial charge < -0.3 is 4.90 Å². The summed E-state index contributed by atoms with van der Waals surface area (Å²) < 4.78 is 14.4. The van der Waals surface area contributed by atoms with E-state index in [0.29, 0.717) is 0 Å². The Morgan fingerprint density at radius 3 is 2.39 bits per heavy atom. The van der Waals surface area contributed by atoms with Crippen LogP contribution < -0.4 is 4.90 Å². The van der Waals surface area contributed by atoms with Crippen molar-refractivity contribution in [3.63, 3.8) is 0 Å². The van der Waals surface area contributed by atoms with Crippen molar-refractivity contribution < 1.29 is 18.8 Å². The number of anilines is 1. The minimum Gasteiger partial charge on any atom is -0.359 e.